The third-order valence-corrected chi connectivity index (χ3v) is 7.89. The number of nitrogens with two attached hydrogens (primary N) is 2. The fraction of sp³-hybridized carbons (Fsp3) is 0.316. The number of esters is 2. The van der Waals surface area contributed by atoms with Gasteiger partial charge < -0.3 is 28.4 Å². The number of rotatable bonds is 16. The van der Waals surface area contributed by atoms with Gasteiger partial charge in [0.2, 0.25) is 0 Å². The van der Waals surface area contributed by atoms with Crippen molar-refractivity contribution in [3.05, 3.63) is 119 Å². The molecule has 0 aliphatic carbocycles. The van der Waals surface area contributed by atoms with Crippen molar-refractivity contribution in [2.75, 3.05) is 14.2 Å². The van der Waals surface area contributed by atoms with Crippen molar-refractivity contribution in [3.63, 3.8) is 0 Å². The number of carbonyl (C=O) groups excluding carboxylic acids is 2. The first-order valence-electron chi connectivity index (χ1n) is 16.4. The topological polar surface area (TPSA) is 142 Å². The van der Waals surface area contributed by atoms with E-state index in [9.17, 15) is 35.9 Å². The van der Waals surface area contributed by atoms with Crippen LogP contribution in [0.3, 0.4) is 0 Å². The Morgan fingerprint density at radius 3 is 1.09 bits per heavy atom. The van der Waals surface area contributed by atoms with Gasteiger partial charge in [-0.25, -0.2) is 9.59 Å². The lowest BCUT2D eigenvalue weighted by Gasteiger charge is -2.24. The number of halogens is 6. The lowest BCUT2D eigenvalue weighted by Crippen LogP contribution is -2.40. The molecule has 0 aliphatic rings. The van der Waals surface area contributed by atoms with Crippen LogP contribution in [0.5, 0.6) is 23.0 Å². The van der Waals surface area contributed by atoms with Crippen molar-refractivity contribution in [2.45, 2.75) is 62.7 Å². The Labute approximate surface area is 306 Å². The minimum absolute atomic E-state index is 0.0909. The number of hydrogen-bond acceptors (Lipinski definition) is 10. The number of ether oxygens (including phenoxy) is 6. The monoisotopic (exact) mass is 764 g/mol. The van der Waals surface area contributed by atoms with Gasteiger partial charge in [-0.1, -0.05) is 24.3 Å². The Kier molecular flexibility index (Phi) is 14.2. The van der Waals surface area contributed by atoms with Gasteiger partial charge in [-0.05, 0) is 83.9 Å². The number of benzene rings is 4. The molecular formula is C38H38F6N2O8. The average Bonchev–Trinajstić information content (AvgIpc) is 3.11. The molecule has 4 rings (SSSR count). The third kappa shape index (κ3) is 12.9. The summed E-state index contributed by atoms with van der Waals surface area (Å²) in [5, 5.41) is 0. The van der Waals surface area contributed by atoms with E-state index in [4.69, 9.17) is 39.9 Å². The van der Waals surface area contributed by atoms with Crippen LogP contribution in [0, 0.1) is 0 Å². The van der Waals surface area contributed by atoms with Crippen LogP contribution in [0.1, 0.15) is 35.1 Å². The van der Waals surface area contributed by atoms with Gasteiger partial charge in [-0.2, -0.15) is 26.3 Å². The molecule has 10 nitrogen and oxygen atoms in total. The van der Waals surface area contributed by atoms with Crippen LogP contribution < -0.4 is 30.4 Å². The SMILES string of the molecule is COc1ccc(CC(CC(N)OC(=O)C(=O)OC(N)CC(Cc2ccc(OC)cc2)Oc2ccc(C(F)(F)F)cc2)Oc2ccc(C(F)(F)F)cc2)cc1. The van der Waals surface area contributed by atoms with Gasteiger partial charge in [-0.15, -0.1) is 0 Å². The van der Waals surface area contributed by atoms with Gasteiger partial charge >= 0.3 is 24.3 Å². The van der Waals surface area contributed by atoms with Gasteiger partial charge in [-0.3, -0.25) is 11.5 Å². The predicted octanol–water partition coefficient (Wildman–Crippen LogP) is 6.86. The summed E-state index contributed by atoms with van der Waals surface area (Å²) in [6, 6.07) is 21.7. The molecule has 0 spiro atoms. The molecule has 0 aromatic heterocycles. The van der Waals surface area contributed by atoms with E-state index in [0.29, 0.717) is 11.5 Å². The number of methoxy groups -OCH3 is 2. The summed E-state index contributed by atoms with van der Waals surface area (Å²) in [5.41, 5.74) is 11.8. The van der Waals surface area contributed by atoms with Gasteiger partial charge in [0.05, 0.1) is 25.3 Å². The summed E-state index contributed by atoms with van der Waals surface area (Å²) >= 11 is 0. The van der Waals surface area contributed by atoms with Crippen molar-refractivity contribution in [2.24, 2.45) is 11.5 Å². The molecule has 4 atom stereocenters. The highest BCUT2D eigenvalue weighted by atomic mass is 19.4. The molecule has 0 bridgehead atoms. The largest absolute Gasteiger partial charge is 0.497 e. The quantitative estimate of drug-likeness (QED) is 0.0538. The molecule has 0 radical (unpaired) electrons. The Balaban J connectivity index is 1.39. The van der Waals surface area contributed by atoms with Crippen LogP contribution >= 0.6 is 0 Å². The molecule has 0 heterocycles. The first kappa shape index (κ1) is 41.3. The molecule has 0 aliphatic heterocycles. The fourth-order valence-corrected chi connectivity index (χ4v) is 5.21. The molecule has 0 saturated carbocycles. The van der Waals surface area contributed by atoms with Crippen molar-refractivity contribution in [1.82, 2.24) is 0 Å². The molecule has 4 aromatic rings. The highest BCUT2D eigenvalue weighted by Crippen LogP contribution is 2.32. The lowest BCUT2D eigenvalue weighted by molar-refractivity contribution is -0.175. The first-order valence-corrected chi connectivity index (χ1v) is 16.4. The van der Waals surface area contributed by atoms with E-state index in [1.807, 2.05) is 0 Å². The van der Waals surface area contributed by atoms with E-state index >= 15 is 0 Å². The first-order chi connectivity index (χ1) is 25.5. The van der Waals surface area contributed by atoms with Gasteiger partial charge in [0.25, 0.3) is 0 Å². The molecule has 4 N–H and O–H groups in total. The molecule has 0 amide bonds. The van der Waals surface area contributed by atoms with Crippen LogP contribution in [0.25, 0.3) is 0 Å². The summed E-state index contributed by atoms with van der Waals surface area (Å²) in [5.74, 6) is -1.61. The third-order valence-electron chi connectivity index (χ3n) is 7.89. The zero-order chi connectivity index (χ0) is 39.5. The summed E-state index contributed by atoms with van der Waals surface area (Å²) in [6.07, 6.45) is -13.6. The average molecular weight is 765 g/mol. The van der Waals surface area contributed by atoms with E-state index in [-0.39, 0.29) is 37.2 Å². The Morgan fingerprint density at radius 2 is 0.815 bits per heavy atom. The van der Waals surface area contributed by atoms with E-state index < -0.39 is 60.1 Å². The smallest absolute Gasteiger partial charge is 0.419 e. The van der Waals surface area contributed by atoms with Crippen LogP contribution in [0.4, 0.5) is 26.3 Å². The molecule has 4 aromatic carbocycles. The standard InChI is InChI=1S/C38H38F6N2O8/c1-49-27-11-3-23(4-12-27)19-31(51-29-15-7-25(8-16-29)37(39,40)41)21-33(45)53-35(47)36(48)54-34(46)22-32(20-24-5-13-28(50-2)14-6-24)52-30-17-9-26(10-18-30)38(42,43)44/h3-18,31-34H,19-22,45-46H2,1-2H3. The van der Waals surface area contributed by atoms with Crippen molar-refractivity contribution in [1.29, 1.82) is 0 Å². The highest BCUT2D eigenvalue weighted by Gasteiger charge is 2.32. The molecule has 54 heavy (non-hydrogen) atoms. The Hall–Kier alpha value is -5.48. The summed E-state index contributed by atoms with van der Waals surface area (Å²) in [6.45, 7) is 0. The molecule has 4 unspecified atom stereocenters. The summed E-state index contributed by atoms with van der Waals surface area (Å²) in [4.78, 5) is 25.4. The van der Waals surface area contributed by atoms with E-state index in [1.54, 1.807) is 48.5 Å². The van der Waals surface area contributed by atoms with Crippen molar-refractivity contribution < 1.29 is 64.4 Å². The van der Waals surface area contributed by atoms with Crippen LogP contribution in [0.2, 0.25) is 0 Å². The second-order valence-electron chi connectivity index (χ2n) is 12.0. The Bertz CT molecular complexity index is 1650. The predicted molar refractivity (Wildman–Crippen MR) is 182 cm³/mol. The molecule has 0 fully saturated rings. The minimum atomic E-state index is -4.55. The minimum Gasteiger partial charge on any atom is -0.497 e. The van der Waals surface area contributed by atoms with Crippen LogP contribution in [-0.4, -0.2) is 50.8 Å². The fourth-order valence-electron chi connectivity index (χ4n) is 5.21. The second kappa shape index (κ2) is 18.5. The van der Waals surface area contributed by atoms with E-state index in [1.165, 1.54) is 14.2 Å². The molecule has 290 valence electrons. The lowest BCUT2D eigenvalue weighted by atomic mass is 10.0. The molecule has 16 heteroatoms. The van der Waals surface area contributed by atoms with E-state index in [0.717, 1.165) is 59.7 Å². The summed E-state index contributed by atoms with van der Waals surface area (Å²) in [7, 11) is 2.99. The highest BCUT2D eigenvalue weighted by molar-refractivity contribution is 6.29. The van der Waals surface area contributed by atoms with Gasteiger partial charge in [0.15, 0.2) is 12.5 Å². The maximum absolute atomic E-state index is 13.1. The second-order valence-corrected chi connectivity index (χ2v) is 12.0. The van der Waals surface area contributed by atoms with Crippen LogP contribution in [0.15, 0.2) is 97.1 Å². The normalized spacial score (nSPS) is 13.9. The maximum atomic E-state index is 13.1. The van der Waals surface area contributed by atoms with Crippen molar-refractivity contribution in [3.8, 4) is 23.0 Å². The molecule has 0 saturated heterocycles. The van der Waals surface area contributed by atoms with Crippen molar-refractivity contribution >= 4 is 11.9 Å². The van der Waals surface area contributed by atoms with E-state index in [2.05, 4.69) is 0 Å². The van der Waals surface area contributed by atoms with Gasteiger partial charge in [0.1, 0.15) is 35.2 Å². The number of alkyl halides is 6. The summed E-state index contributed by atoms with van der Waals surface area (Å²) < 4.78 is 111. The van der Waals surface area contributed by atoms with Crippen LogP contribution in [-0.2, 0) is 44.3 Å². The molecular weight excluding hydrogens is 726 g/mol. The maximum Gasteiger partial charge on any atom is 0.419 e. The zero-order valence-corrected chi connectivity index (χ0v) is 29.1. The number of carbonyl (C=O) groups is 2. The zero-order valence-electron chi connectivity index (χ0n) is 29.1. The Morgan fingerprint density at radius 1 is 0.519 bits per heavy atom. The van der Waals surface area contributed by atoms with Gasteiger partial charge in [0, 0.05) is 25.7 Å². The number of hydrogen-bond donors (Lipinski definition) is 2.